The maximum absolute atomic E-state index is 12.1. The maximum atomic E-state index is 12.1. The lowest BCUT2D eigenvalue weighted by Crippen LogP contribution is -2.10. The summed E-state index contributed by atoms with van der Waals surface area (Å²) in [4.78, 5) is 19.4. The van der Waals surface area contributed by atoms with Crippen molar-refractivity contribution in [3.8, 4) is 0 Å². The number of nitrogens with zero attached hydrogens (tertiary/aromatic N) is 1. The lowest BCUT2D eigenvalue weighted by Gasteiger charge is -2.03. The molecular formula is C16H11Br2N3O. The standard InChI is InChI=1S/C16H11Br2N3O/c17-10-8-12-15(13(18)9-10)20-14(21-16(12)22)6-7-19-11-4-2-1-3-5-11/h1-9,19H,(H,20,21,22)/b7-6+. The number of aromatic amines is 1. The van der Waals surface area contributed by atoms with Crippen LogP contribution >= 0.6 is 31.9 Å². The SMILES string of the molecule is O=c1[nH]c(/C=C/Nc2ccccc2)nc2c(Br)cc(Br)cc12. The number of anilines is 1. The van der Waals surface area contributed by atoms with Gasteiger partial charge in [0, 0.05) is 20.8 Å². The minimum atomic E-state index is -0.175. The minimum absolute atomic E-state index is 0.175. The van der Waals surface area contributed by atoms with Crippen LogP contribution < -0.4 is 10.9 Å². The van der Waals surface area contributed by atoms with Crippen LogP contribution in [0.3, 0.4) is 0 Å². The zero-order chi connectivity index (χ0) is 15.5. The number of rotatable bonds is 3. The number of benzene rings is 2. The van der Waals surface area contributed by atoms with Gasteiger partial charge in [-0.05, 0) is 46.3 Å². The molecule has 0 atom stereocenters. The summed E-state index contributed by atoms with van der Waals surface area (Å²) >= 11 is 6.81. The van der Waals surface area contributed by atoms with Crippen molar-refractivity contribution >= 4 is 54.5 Å². The quantitative estimate of drug-likeness (QED) is 0.654. The molecule has 6 heteroatoms. The summed E-state index contributed by atoms with van der Waals surface area (Å²) in [5.74, 6) is 0.490. The number of halogens is 2. The summed E-state index contributed by atoms with van der Waals surface area (Å²) in [5.41, 5.74) is 1.42. The van der Waals surface area contributed by atoms with Crippen molar-refractivity contribution in [2.75, 3.05) is 5.32 Å². The van der Waals surface area contributed by atoms with E-state index in [1.807, 2.05) is 36.4 Å². The van der Waals surface area contributed by atoms with Crippen LogP contribution in [0.2, 0.25) is 0 Å². The average molecular weight is 421 g/mol. The van der Waals surface area contributed by atoms with Gasteiger partial charge in [-0.15, -0.1) is 0 Å². The topological polar surface area (TPSA) is 57.8 Å². The van der Waals surface area contributed by atoms with E-state index in [4.69, 9.17) is 0 Å². The van der Waals surface area contributed by atoms with Crippen molar-refractivity contribution < 1.29 is 0 Å². The van der Waals surface area contributed by atoms with Crippen molar-refractivity contribution in [2.24, 2.45) is 0 Å². The number of hydrogen-bond donors (Lipinski definition) is 2. The smallest absolute Gasteiger partial charge is 0.259 e. The normalized spacial score (nSPS) is 11.2. The van der Waals surface area contributed by atoms with Gasteiger partial charge in [0.2, 0.25) is 0 Å². The molecule has 0 unspecified atom stereocenters. The van der Waals surface area contributed by atoms with Crippen molar-refractivity contribution in [1.29, 1.82) is 0 Å². The highest BCUT2D eigenvalue weighted by atomic mass is 79.9. The van der Waals surface area contributed by atoms with E-state index in [0.29, 0.717) is 16.7 Å². The predicted octanol–water partition coefficient (Wildman–Crippen LogP) is 4.53. The molecule has 0 amide bonds. The van der Waals surface area contributed by atoms with Crippen LogP contribution in [0.25, 0.3) is 17.0 Å². The molecule has 0 saturated heterocycles. The van der Waals surface area contributed by atoms with Crippen molar-refractivity contribution in [1.82, 2.24) is 9.97 Å². The molecule has 2 N–H and O–H groups in total. The molecule has 0 fully saturated rings. The first kappa shape index (κ1) is 15.0. The number of para-hydroxylation sites is 1. The molecule has 0 saturated carbocycles. The Hall–Kier alpha value is -1.92. The van der Waals surface area contributed by atoms with Gasteiger partial charge in [0.25, 0.3) is 5.56 Å². The zero-order valence-electron chi connectivity index (χ0n) is 11.3. The van der Waals surface area contributed by atoms with E-state index in [-0.39, 0.29) is 5.56 Å². The molecule has 0 aliphatic heterocycles. The minimum Gasteiger partial charge on any atom is -0.362 e. The Balaban J connectivity index is 1.93. The zero-order valence-corrected chi connectivity index (χ0v) is 14.5. The molecule has 1 aromatic heterocycles. The number of hydrogen-bond acceptors (Lipinski definition) is 3. The second kappa shape index (κ2) is 6.46. The van der Waals surface area contributed by atoms with Crippen LogP contribution in [0.4, 0.5) is 5.69 Å². The molecule has 0 radical (unpaired) electrons. The highest BCUT2D eigenvalue weighted by Crippen LogP contribution is 2.25. The summed E-state index contributed by atoms with van der Waals surface area (Å²) in [6, 6.07) is 13.4. The molecule has 0 aliphatic rings. The van der Waals surface area contributed by atoms with Crippen LogP contribution in [0.5, 0.6) is 0 Å². The van der Waals surface area contributed by atoms with Crippen LogP contribution in [0.1, 0.15) is 5.82 Å². The van der Waals surface area contributed by atoms with Crippen molar-refractivity contribution in [3.63, 3.8) is 0 Å². The van der Waals surface area contributed by atoms with Crippen LogP contribution in [-0.2, 0) is 0 Å². The van der Waals surface area contributed by atoms with Crippen LogP contribution in [0.15, 0.2) is 62.4 Å². The third-order valence-corrected chi connectivity index (χ3v) is 4.07. The third-order valence-electron chi connectivity index (χ3n) is 3.01. The second-order valence-electron chi connectivity index (χ2n) is 4.58. The second-order valence-corrected chi connectivity index (χ2v) is 6.35. The van der Waals surface area contributed by atoms with Crippen LogP contribution in [0, 0.1) is 0 Å². The Kier molecular flexibility index (Phi) is 4.40. The fourth-order valence-electron chi connectivity index (χ4n) is 2.01. The number of H-pyrrole nitrogens is 1. The van der Waals surface area contributed by atoms with Gasteiger partial charge in [0.1, 0.15) is 5.82 Å². The molecule has 0 aliphatic carbocycles. The van der Waals surface area contributed by atoms with Gasteiger partial charge < -0.3 is 10.3 Å². The number of nitrogens with one attached hydrogen (secondary N) is 2. The van der Waals surface area contributed by atoms with E-state index in [1.165, 1.54) is 0 Å². The molecule has 22 heavy (non-hydrogen) atoms. The van der Waals surface area contributed by atoms with Gasteiger partial charge in [-0.3, -0.25) is 4.79 Å². The Morgan fingerprint density at radius 2 is 1.91 bits per heavy atom. The lowest BCUT2D eigenvalue weighted by molar-refractivity contribution is 1.13. The Labute approximate surface area is 143 Å². The van der Waals surface area contributed by atoms with Crippen LogP contribution in [-0.4, -0.2) is 9.97 Å². The molecule has 0 bridgehead atoms. The predicted molar refractivity (Wildman–Crippen MR) is 96.9 cm³/mol. The van der Waals surface area contributed by atoms with Gasteiger partial charge in [-0.2, -0.15) is 0 Å². The first-order valence-electron chi connectivity index (χ1n) is 6.51. The van der Waals surface area contributed by atoms with Gasteiger partial charge in [0.15, 0.2) is 0 Å². The molecule has 110 valence electrons. The summed E-state index contributed by atoms with van der Waals surface area (Å²) < 4.78 is 1.60. The van der Waals surface area contributed by atoms with Gasteiger partial charge in [0.05, 0.1) is 10.9 Å². The Morgan fingerprint density at radius 3 is 2.68 bits per heavy atom. The average Bonchev–Trinajstić information content (AvgIpc) is 2.50. The summed E-state index contributed by atoms with van der Waals surface area (Å²) in [5, 5.41) is 3.66. The Bertz CT molecular complexity index is 904. The van der Waals surface area contributed by atoms with E-state index in [9.17, 15) is 4.79 Å². The molecular weight excluding hydrogens is 410 g/mol. The van der Waals surface area contributed by atoms with Gasteiger partial charge >= 0.3 is 0 Å². The van der Waals surface area contributed by atoms with Gasteiger partial charge in [-0.25, -0.2) is 4.98 Å². The molecule has 2 aromatic carbocycles. The summed E-state index contributed by atoms with van der Waals surface area (Å²) in [7, 11) is 0. The van der Waals surface area contributed by atoms with E-state index in [2.05, 4.69) is 47.1 Å². The van der Waals surface area contributed by atoms with E-state index in [1.54, 1.807) is 18.3 Å². The monoisotopic (exact) mass is 419 g/mol. The fourth-order valence-corrected chi connectivity index (χ4v) is 3.33. The first-order valence-corrected chi connectivity index (χ1v) is 8.09. The fraction of sp³-hybridized carbons (Fsp3) is 0. The van der Waals surface area contributed by atoms with E-state index < -0.39 is 0 Å². The number of fused-ring (bicyclic) bond motifs is 1. The lowest BCUT2D eigenvalue weighted by atomic mass is 10.2. The molecule has 3 rings (SSSR count). The molecule has 1 heterocycles. The highest BCUT2D eigenvalue weighted by molar-refractivity contribution is 9.11. The first-order chi connectivity index (χ1) is 10.6. The summed E-state index contributed by atoms with van der Waals surface area (Å²) in [6.45, 7) is 0. The summed E-state index contributed by atoms with van der Waals surface area (Å²) in [6.07, 6.45) is 3.47. The number of aromatic nitrogens is 2. The van der Waals surface area contributed by atoms with Crippen molar-refractivity contribution in [2.45, 2.75) is 0 Å². The molecule has 0 spiro atoms. The third kappa shape index (κ3) is 3.28. The van der Waals surface area contributed by atoms with Crippen molar-refractivity contribution in [3.05, 3.63) is 73.8 Å². The highest BCUT2D eigenvalue weighted by Gasteiger charge is 2.07. The largest absolute Gasteiger partial charge is 0.362 e. The molecule has 4 nitrogen and oxygen atoms in total. The van der Waals surface area contributed by atoms with E-state index in [0.717, 1.165) is 14.6 Å². The Morgan fingerprint density at radius 1 is 1.14 bits per heavy atom. The molecule has 3 aromatic rings. The maximum Gasteiger partial charge on any atom is 0.259 e. The van der Waals surface area contributed by atoms with Gasteiger partial charge in [-0.1, -0.05) is 34.1 Å². The van der Waals surface area contributed by atoms with E-state index >= 15 is 0 Å².